The van der Waals surface area contributed by atoms with Crippen LogP contribution >= 0.6 is 39.3 Å². The number of rotatable bonds is 2. The van der Waals surface area contributed by atoms with Gasteiger partial charge in [0.25, 0.3) is 0 Å². The minimum atomic E-state index is -0.362. The molecular weight excluding hydrogens is 313 g/mol. The van der Waals surface area contributed by atoms with Crippen molar-refractivity contribution in [1.82, 2.24) is 4.98 Å². The van der Waals surface area contributed by atoms with E-state index < -0.39 is 0 Å². The first-order valence-electron chi connectivity index (χ1n) is 4.40. The topological polar surface area (TPSA) is 12.9 Å². The number of nitrogens with zero attached hydrogens (tertiary/aromatic N) is 1. The van der Waals surface area contributed by atoms with Crippen LogP contribution in [-0.4, -0.2) is 4.98 Å². The highest BCUT2D eigenvalue weighted by molar-refractivity contribution is 9.10. The van der Waals surface area contributed by atoms with Crippen molar-refractivity contribution in [3.8, 4) is 0 Å². The smallest absolute Gasteiger partial charge is 0.156 e. The van der Waals surface area contributed by atoms with E-state index in [1.54, 1.807) is 12.3 Å². The molecule has 0 saturated carbocycles. The third-order valence-electron chi connectivity index (χ3n) is 1.82. The SMILES string of the molecule is Fc1cc(Br)cnc1Sc1ccccc1Cl. The van der Waals surface area contributed by atoms with Crippen LogP contribution in [0.25, 0.3) is 0 Å². The summed E-state index contributed by atoms with van der Waals surface area (Å²) in [5, 5.41) is 0.910. The molecule has 1 aromatic heterocycles. The van der Waals surface area contributed by atoms with Crippen molar-refractivity contribution in [3.05, 3.63) is 51.8 Å². The first kappa shape index (κ1) is 11.9. The fourth-order valence-corrected chi connectivity index (χ4v) is 2.45. The van der Waals surface area contributed by atoms with Crippen LogP contribution in [0.4, 0.5) is 4.39 Å². The van der Waals surface area contributed by atoms with Crippen LogP contribution < -0.4 is 0 Å². The highest BCUT2D eigenvalue weighted by atomic mass is 79.9. The maximum atomic E-state index is 13.5. The van der Waals surface area contributed by atoms with Gasteiger partial charge in [-0.2, -0.15) is 0 Å². The number of aromatic nitrogens is 1. The first-order valence-corrected chi connectivity index (χ1v) is 6.39. The lowest BCUT2D eigenvalue weighted by atomic mass is 10.4. The second kappa shape index (κ2) is 5.17. The van der Waals surface area contributed by atoms with Crippen LogP contribution in [0.5, 0.6) is 0 Å². The van der Waals surface area contributed by atoms with Crippen molar-refractivity contribution in [3.63, 3.8) is 0 Å². The Morgan fingerprint density at radius 2 is 2.06 bits per heavy atom. The van der Waals surface area contributed by atoms with Gasteiger partial charge in [-0.1, -0.05) is 35.5 Å². The third-order valence-corrected chi connectivity index (χ3v) is 3.76. The van der Waals surface area contributed by atoms with Crippen molar-refractivity contribution in [1.29, 1.82) is 0 Å². The van der Waals surface area contributed by atoms with E-state index in [-0.39, 0.29) is 5.82 Å². The molecule has 0 N–H and O–H groups in total. The maximum Gasteiger partial charge on any atom is 0.156 e. The van der Waals surface area contributed by atoms with Gasteiger partial charge in [-0.15, -0.1) is 0 Å². The summed E-state index contributed by atoms with van der Waals surface area (Å²) >= 11 is 10.3. The Morgan fingerprint density at radius 3 is 2.75 bits per heavy atom. The molecule has 0 aliphatic heterocycles. The highest BCUT2D eigenvalue weighted by Gasteiger charge is 2.08. The molecule has 0 unspecified atom stereocenters. The van der Waals surface area contributed by atoms with Crippen molar-refractivity contribution < 1.29 is 4.39 Å². The summed E-state index contributed by atoms with van der Waals surface area (Å²) in [5.41, 5.74) is 0. The lowest BCUT2D eigenvalue weighted by Crippen LogP contribution is -1.86. The van der Waals surface area contributed by atoms with Crippen molar-refractivity contribution in [2.45, 2.75) is 9.92 Å². The molecule has 16 heavy (non-hydrogen) atoms. The van der Waals surface area contributed by atoms with Crippen molar-refractivity contribution in [2.75, 3.05) is 0 Å². The molecule has 0 saturated heterocycles. The van der Waals surface area contributed by atoms with Crippen LogP contribution in [0.3, 0.4) is 0 Å². The lowest BCUT2D eigenvalue weighted by molar-refractivity contribution is 0.586. The van der Waals surface area contributed by atoms with E-state index in [0.29, 0.717) is 14.5 Å². The lowest BCUT2D eigenvalue weighted by Gasteiger charge is -2.04. The van der Waals surface area contributed by atoms with Gasteiger partial charge in [-0.05, 0) is 34.1 Å². The van der Waals surface area contributed by atoms with Crippen LogP contribution in [-0.2, 0) is 0 Å². The predicted molar refractivity (Wildman–Crippen MR) is 67.5 cm³/mol. The molecule has 5 heteroatoms. The summed E-state index contributed by atoms with van der Waals surface area (Å²) in [6.45, 7) is 0. The largest absolute Gasteiger partial charge is 0.245 e. The predicted octanol–water partition coefficient (Wildman–Crippen LogP) is 4.79. The van der Waals surface area contributed by atoms with Crippen LogP contribution in [0.1, 0.15) is 0 Å². The van der Waals surface area contributed by atoms with Crippen LogP contribution in [0.2, 0.25) is 5.02 Å². The molecule has 0 fully saturated rings. The first-order chi connectivity index (χ1) is 7.66. The molecule has 1 heterocycles. The van der Waals surface area contributed by atoms with Crippen LogP contribution in [0, 0.1) is 5.82 Å². The highest BCUT2D eigenvalue weighted by Crippen LogP contribution is 2.33. The van der Waals surface area contributed by atoms with Crippen molar-refractivity contribution in [2.24, 2.45) is 0 Å². The Morgan fingerprint density at radius 1 is 1.31 bits per heavy atom. The van der Waals surface area contributed by atoms with Crippen molar-refractivity contribution >= 4 is 39.3 Å². The molecule has 0 spiro atoms. The van der Waals surface area contributed by atoms with Gasteiger partial charge < -0.3 is 0 Å². The summed E-state index contributed by atoms with van der Waals surface area (Å²) in [4.78, 5) is 4.79. The molecule has 0 bridgehead atoms. The van der Waals surface area contributed by atoms with Gasteiger partial charge in [0.15, 0.2) is 5.82 Å². The molecule has 1 aromatic carbocycles. The fraction of sp³-hybridized carbons (Fsp3) is 0. The number of benzene rings is 1. The minimum absolute atomic E-state index is 0.316. The normalized spacial score (nSPS) is 10.4. The molecule has 0 atom stereocenters. The molecule has 2 aromatic rings. The Balaban J connectivity index is 2.31. The van der Waals surface area contributed by atoms with Gasteiger partial charge in [0, 0.05) is 15.6 Å². The zero-order valence-corrected chi connectivity index (χ0v) is 11.1. The van der Waals surface area contributed by atoms with E-state index in [1.165, 1.54) is 17.8 Å². The van der Waals surface area contributed by atoms with Gasteiger partial charge in [0.1, 0.15) is 5.03 Å². The third kappa shape index (κ3) is 2.75. The molecule has 0 amide bonds. The van der Waals surface area contributed by atoms with Gasteiger partial charge >= 0.3 is 0 Å². The van der Waals surface area contributed by atoms with E-state index >= 15 is 0 Å². The molecule has 0 aliphatic carbocycles. The molecule has 1 nitrogen and oxygen atoms in total. The minimum Gasteiger partial charge on any atom is -0.245 e. The van der Waals surface area contributed by atoms with Gasteiger partial charge in [-0.3, -0.25) is 0 Å². The maximum absolute atomic E-state index is 13.5. The fourth-order valence-electron chi connectivity index (χ4n) is 1.11. The van der Waals surface area contributed by atoms with Gasteiger partial charge in [0.2, 0.25) is 0 Å². The second-order valence-corrected chi connectivity index (χ2v) is 5.33. The molecule has 0 aliphatic rings. The molecule has 2 rings (SSSR count). The van der Waals surface area contributed by atoms with Gasteiger partial charge in [0.05, 0.1) is 5.02 Å². The van der Waals surface area contributed by atoms with Crippen LogP contribution in [0.15, 0.2) is 50.9 Å². The zero-order valence-electron chi connectivity index (χ0n) is 7.95. The average Bonchev–Trinajstić information content (AvgIpc) is 2.25. The number of hydrogen-bond acceptors (Lipinski definition) is 2. The standard InChI is InChI=1S/C11H6BrClFNS/c12-7-5-9(14)11(15-6-7)16-10-4-2-1-3-8(10)13/h1-6H. The Bertz CT molecular complexity index is 521. The zero-order chi connectivity index (χ0) is 11.5. The van der Waals surface area contributed by atoms with E-state index in [9.17, 15) is 4.39 Å². The van der Waals surface area contributed by atoms with E-state index in [1.807, 2.05) is 18.2 Å². The molecule has 0 radical (unpaired) electrons. The second-order valence-electron chi connectivity index (χ2n) is 2.97. The summed E-state index contributed by atoms with van der Waals surface area (Å²) in [6.07, 6.45) is 1.56. The monoisotopic (exact) mass is 317 g/mol. The average molecular weight is 319 g/mol. The van der Waals surface area contributed by atoms with E-state index in [4.69, 9.17) is 11.6 Å². The Hall–Kier alpha value is -0.580. The molecular formula is C11H6BrClFNS. The molecule has 82 valence electrons. The number of pyridine rings is 1. The van der Waals surface area contributed by atoms with E-state index in [2.05, 4.69) is 20.9 Å². The summed E-state index contributed by atoms with van der Waals surface area (Å²) in [6, 6.07) is 8.66. The summed E-state index contributed by atoms with van der Waals surface area (Å²) in [7, 11) is 0. The quantitative estimate of drug-likeness (QED) is 0.790. The Labute approximate surface area is 110 Å². The number of hydrogen-bond donors (Lipinski definition) is 0. The van der Waals surface area contributed by atoms with Gasteiger partial charge in [-0.25, -0.2) is 9.37 Å². The Kier molecular flexibility index (Phi) is 3.84. The number of halogens is 3. The van der Waals surface area contributed by atoms with E-state index in [0.717, 1.165) is 4.90 Å². The summed E-state index contributed by atoms with van der Waals surface area (Å²) < 4.78 is 14.1. The summed E-state index contributed by atoms with van der Waals surface area (Å²) in [5.74, 6) is -0.362.